The minimum atomic E-state index is -0.592. The minimum absolute atomic E-state index is 0.0417. The first-order chi connectivity index (χ1) is 9.06. The molecule has 0 radical (unpaired) electrons. The molecule has 3 nitrogen and oxygen atoms in total. The lowest BCUT2D eigenvalue weighted by atomic mass is 10.1. The third-order valence-electron chi connectivity index (χ3n) is 2.82. The van der Waals surface area contributed by atoms with Crippen molar-refractivity contribution in [2.24, 2.45) is 0 Å². The quantitative estimate of drug-likeness (QED) is 0.775. The molecule has 1 rings (SSSR count). The summed E-state index contributed by atoms with van der Waals surface area (Å²) in [5.74, 6) is -1.42. The van der Waals surface area contributed by atoms with Gasteiger partial charge in [-0.25, -0.2) is 8.78 Å². The van der Waals surface area contributed by atoms with Crippen LogP contribution in [0, 0.1) is 11.6 Å². The van der Waals surface area contributed by atoms with E-state index in [2.05, 4.69) is 5.32 Å². The van der Waals surface area contributed by atoms with Crippen LogP contribution in [-0.4, -0.2) is 18.6 Å². The van der Waals surface area contributed by atoms with Crippen LogP contribution in [0.1, 0.15) is 32.3 Å². The van der Waals surface area contributed by atoms with Gasteiger partial charge >= 0.3 is 5.97 Å². The van der Waals surface area contributed by atoms with Gasteiger partial charge in [-0.15, -0.1) is 0 Å². The van der Waals surface area contributed by atoms with Gasteiger partial charge in [0, 0.05) is 30.6 Å². The second-order valence-corrected chi connectivity index (χ2v) is 4.26. The van der Waals surface area contributed by atoms with Gasteiger partial charge in [0.25, 0.3) is 0 Å². The molecule has 0 bridgehead atoms. The topological polar surface area (TPSA) is 38.3 Å². The molecule has 0 saturated carbocycles. The molecule has 1 unspecified atom stereocenters. The number of hydrogen-bond acceptors (Lipinski definition) is 3. The van der Waals surface area contributed by atoms with E-state index in [0.717, 1.165) is 12.5 Å². The maximum Gasteiger partial charge on any atom is 0.305 e. The van der Waals surface area contributed by atoms with Gasteiger partial charge in [-0.3, -0.25) is 4.79 Å². The Kier molecular flexibility index (Phi) is 6.42. The van der Waals surface area contributed by atoms with Crippen molar-refractivity contribution in [2.75, 3.05) is 6.61 Å². The fraction of sp³-hybridized carbons (Fsp3) is 0.500. The summed E-state index contributed by atoms with van der Waals surface area (Å²) in [4.78, 5) is 11.0. The number of ether oxygens (including phenoxy) is 1. The summed E-state index contributed by atoms with van der Waals surface area (Å²) >= 11 is 0. The monoisotopic (exact) mass is 271 g/mol. The molecule has 0 aliphatic rings. The van der Waals surface area contributed by atoms with E-state index in [9.17, 15) is 13.6 Å². The van der Waals surface area contributed by atoms with Gasteiger partial charge in [-0.1, -0.05) is 19.9 Å². The van der Waals surface area contributed by atoms with Crippen LogP contribution in [0.4, 0.5) is 8.78 Å². The van der Waals surface area contributed by atoms with E-state index in [1.807, 2.05) is 6.92 Å². The highest BCUT2D eigenvalue weighted by Crippen LogP contribution is 2.09. The number of benzene rings is 1. The van der Waals surface area contributed by atoms with Crippen LogP contribution in [0.5, 0.6) is 0 Å². The van der Waals surface area contributed by atoms with Crippen LogP contribution in [0.3, 0.4) is 0 Å². The zero-order chi connectivity index (χ0) is 14.3. The lowest BCUT2D eigenvalue weighted by Gasteiger charge is -2.17. The number of nitrogens with one attached hydrogen (secondary N) is 1. The van der Waals surface area contributed by atoms with E-state index in [4.69, 9.17) is 4.74 Å². The van der Waals surface area contributed by atoms with Crippen molar-refractivity contribution in [3.05, 3.63) is 35.4 Å². The summed E-state index contributed by atoms with van der Waals surface area (Å²) in [6.45, 7) is 4.20. The molecule has 0 heterocycles. The van der Waals surface area contributed by atoms with Crippen LogP contribution in [0.25, 0.3) is 0 Å². The summed E-state index contributed by atoms with van der Waals surface area (Å²) < 4.78 is 31.2. The first-order valence-corrected chi connectivity index (χ1v) is 6.39. The standard InChI is InChI=1S/C14H19F2NO2/c1-3-12(9-19-14(18)4-2)17-8-10-5-6-11(15)7-13(10)16/h5-7,12,17H,3-4,8-9H2,1-2H3. The Labute approximate surface area is 112 Å². The van der Waals surface area contributed by atoms with E-state index in [1.165, 1.54) is 12.1 Å². The van der Waals surface area contributed by atoms with Gasteiger partial charge in [-0.05, 0) is 12.5 Å². The SMILES string of the molecule is CCC(=O)OCC(CC)NCc1ccc(F)cc1F. The molecule has 0 saturated heterocycles. The van der Waals surface area contributed by atoms with Crippen molar-refractivity contribution in [2.45, 2.75) is 39.3 Å². The molecule has 0 aliphatic carbocycles. The Hall–Kier alpha value is -1.49. The average molecular weight is 271 g/mol. The van der Waals surface area contributed by atoms with Crippen molar-refractivity contribution in [1.29, 1.82) is 0 Å². The third kappa shape index (κ3) is 5.34. The lowest BCUT2D eigenvalue weighted by Crippen LogP contribution is -2.33. The van der Waals surface area contributed by atoms with E-state index >= 15 is 0 Å². The molecule has 106 valence electrons. The van der Waals surface area contributed by atoms with E-state index < -0.39 is 11.6 Å². The summed E-state index contributed by atoms with van der Waals surface area (Å²) in [5.41, 5.74) is 0.390. The van der Waals surface area contributed by atoms with Crippen molar-refractivity contribution >= 4 is 5.97 Å². The van der Waals surface area contributed by atoms with Crippen molar-refractivity contribution < 1.29 is 18.3 Å². The van der Waals surface area contributed by atoms with Crippen LogP contribution in [-0.2, 0) is 16.1 Å². The number of esters is 1. The minimum Gasteiger partial charge on any atom is -0.464 e. The van der Waals surface area contributed by atoms with Gasteiger partial charge in [0.05, 0.1) is 0 Å². The predicted molar refractivity (Wildman–Crippen MR) is 68.5 cm³/mol. The zero-order valence-electron chi connectivity index (χ0n) is 11.2. The summed E-state index contributed by atoms with van der Waals surface area (Å²) in [6.07, 6.45) is 1.09. The molecule has 5 heteroatoms. The molecule has 0 aliphatic heterocycles. The Morgan fingerprint density at radius 3 is 2.68 bits per heavy atom. The number of carbonyl (C=O) groups is 1. The van der Waals surface area contributed by atoms with Crippen LogP contribution in [0.2, 0.25) is 0 Å². The average Bonchev–Trinajstić information content (AvgIpc) is 2.40. The zero-order valence-corrected chi connectivity index (χ0v) is 11.2. The number of carbonyl (C=O) groups excluding carboxylic acids is 1. The summed E-state index contributed by atoms with van der Waals surface area (Å²) in [6, 6.07) is 3.44. The molecule has 1 N–H and O–H groups in total. The highest BCUT2D eigenvalue weighted by atomic mass is 19.1. The molecule has 1 aromatic rings. The Morgan fingerprint density at radius 2 is 2.11 bits per heavy atom. The first kappa shape index (κ1) is 15.6. The number of rotatable bonds is 7. The molecule has 0 amide bonds. The molecule has 1 aromatic carbocycles. The van der Waals surface area contributed by atoms with Gasteiger partial charge in [-0.2, -0.15) is 0 Å². The second-order valence-electron chi connectivity index (χ2n) is 4.26. The maximum absolute atomic E-state index is 13.4. The van der Waals surface area contributed by atoms with Crippen LogP contribution >= 0.6 is 0 Å². The van der Waals surface area contributed by atoms with Gasteiger partial charge < -0.3 is 10.1 Å². The molecule has 0 aromatic heterocycles. The summed E-state index contributed by atoms with van der Waals surface area (Å²) in [5, 5.41) is 3.09. The number of hydrogen-bond donors (Lipinski definition) is 1. The maximum atomic E-state index is 13.4. The largest absolute Gasteiger partial charge is 0.464 e. The van der Waals surface area contributed by atoms with Gasteiger partial charge in [0.1, 0.15) is 18.2 Å². The Morgan fingerprint density at radius 1 is 1.37 bits per heavy atom. The van der Waals surface area contributed by atoms with E-state index in [0.29, 0.717) is 12.0 Å². The van der Waals surface area contributed by atoms with Crippen LogP contribution in [0.15, 0.2) is 18.2 Å². The van der Waals surface area contributed by atoms with Crippen molar-refractivity contribution in [1.82, 2.24) is 5.32 Å². The predicted octanol–water partition coefficient (Wildman–Crippen LogP) is 2.79. The lowest BCUT2D eigenvalue weighted by molar-refractivity contribution is -0.144. The van der Waals surface area contributed by atoms with Crippen molar-refractivity contribution in [3.8, 4) is 0 Å². The highest BCUT2D eigenvalue weighted by Gasteiger charge is 2.10. The number of halogens is 2. The summed E-state index contributed by atoms with van der Waals surface area (Å²) in [7, 11) is 0. The van der Waals surface area contributed by atoms with Gasteiger partial charge in [0.2, 0.25) is 0 Å². The smallest absolute Gasteiger partial charge is 0.305 e. The van der Waals surface area contributed by atoms with Gasteiger partial charge in [0.15, 0.2) is 0 Å². The first-order valence-electron chi connectivity index (χ1n) is 6.39. The Balaban J connectivity index is 2.46. The molecular weight excluding hydrogens is 252 g/mol. The fourth-order valence-electron chi connectivity index (χ4n) is 1.54. The molecule has 0 spiro atoms. The Bertz CT molecular complexity index is 424. The second kappa shape index (κ2) is 7.84. The molecular formula is C14H19F2NO2. The molecule has 1 atom stereocenters. The van der Waals surface area contributed by atoms with E-state index in [1.54, 1.807) is 6.92 Å². The van der Waals surface area contributed by atoms with E-state index in [-0.39, 0.29) is 25.2 Å². The van der Waals surface area contributed by atoms with Crippen LogP contribution < -0.4 is 5.32 Å². The third-order valence-corrected chi connectivity index (χ3v) is 2.82. The normalized spacial score (nSPS) is 12.2. The molecule has 19 heavy (non-hydrogen) atoms. The highest BCUT2D eigenvalue weighted by molar-refractivity contribution is 5.68. The fourth-order valence-corrected chi connectivity index (χ4v) is 1.54. The van der Waals surface area contributed by atoms with Crippen molar-refractivity contribution in [3.63, 3.8) is 0 Å². The molecule has 0 fully saturated rings.